The molecule has 5 heteroatoms. The number of fused-ring (bicyclic) bond motifs is 1. The van der Waals surface area contributed by atoms with Crippen LogP contribution in [0.1, 0.15) is 5.56 Å². The predicted octanol–water partition coefficient (Wildman–Crippen LogP) is 2.59. The molecule has 1 aliphatic heterocycles. The van der Waals surface area contributed by atoms with E-state index in [2.05, 4.69) is 5.32 Å². The number of hydrogen-bond donors (Lipinski definition) is 1. The van der Waals surface area contributed by atoms with Crippen LogP contribution in [0.2, 0.25) is 0 Å². The van der Waals surface area contributed by atoms with E-state index in [1.165, 1.54) is 7.11 Å². The number of para-hydroxylation sites is 1. The van der Waals surface area contributed by atoms with Crippen molar-refractivity contribution in [1.29, 1.82) is 0 Å². The van der Waals surface area contributed by atoms with Gasteiger partial charge in [-0.3, -0.25) is 0 Å². The summed E-state index contributed by atoms with van der Waals surface area (Å²) in [5.41, 5.74) is 1.11. The molecule has 1 aromatic carbocycles. The van der Waals surface area contributed by atoms with Crippen molar-refractivity contribution in [1.82, 2.24) is 0 Å². The second-order valence-electron chi connectivity index (χ2n) is 3.44. The van der Waals surface area contributed by atoms with E-state index in [1.807, 2.05) is 0 Å². The van der Waals surface area contributed by atoms with Crippen LogP contribution in [-0.4, -0.2) is 19.3 Å². The van der Waals surface area contributed by atoms with E-state index >= 15 is 0 Å². The van der Waals surface area contributed by atoms with Gasteiger partial charge in [-0.25, -0.2) is 0 Å². The van der Waals surface area contributed by atoms with Gasteiger partial charge in [-0.15, -0.1) is 0 Å². The summed E-state index contributed by atoms with van der Waals surface area (Å²) in [6.07, 6.45) is -4.25. The fraction of sp³-hybridized carbons (Fsp3) is 0.400. The quantitative estimate of drug-likeness (QED) is 0.780. The van der Waals surface area contributed by atoms with Crippen LogP contribution in [0.5, 0.6) is 5.75 Å². The molecule has 0 saturated heterocycles. The lowest BCUT2D eigenvalue weighted by atomic mass is 10.1. The Kier molecular flexibility index (Phi) is 2.25. The third kappa shape index (κ3) is 1.73. The molecule has 0 amide bonds. The minimum Gasteiger partial charge on any atom is -0.495 e. The fourth-order valence-electron chi connectivity index (χ4n) is 1.72. The Bertz CT molecular complexity index is 375. The second-order valence-corrected chi connectivity index (χ2v) is 3.44. The van der Waals surface area contributed by atoms with E-state index in [9.17, 15) is 13.2 Å². The molecule has 1 N–H and O–H groups in total. The van der Waals surface area contributed by atoms with Crippen LogP contribution in [0.15, 0.2) is 18.2 Å². The maximum Gasteiger partial charge on any atom is 0.408 e. The number of nitrogens with one attached hydrogen (secondary N) is 1. The van der Waals surface area contributed by atoms with Crippen molar-refractivity contribution >= 4 is 5.69 Å². The lowest BCUT2D eigenvalue weighted by molar-refractivity contribution is -0.140. The van der Waals surface area contributed by atoms with Crippen LogP contribution >= 0.6 is 0 Å². The second kappa shape index (κ2) is 3.32. The zero-order valence-electron chi connectivity index (χ0n) is 8.06. The number of benzene rings is 1. The van der Waals surface area contributed by atoms with Gasteiger partial charge in [0, 0.05) is 6.42 Å². The number of anilines is 1. The van der Waals surface area contributed by atoms with Crippen LogP contribution in [0.3, 0.4) is 0 Å². The molecule has 0 radical (unpaired) electrons. The van der Waals surface area contributed by atoms with Gasteiger partial charge in [0.1, 0.15) is 11.8 Å². The highest BCUT2D eigenvalue weighted by Crippen LogP contribution is 2.39. The van der Waals surface area contributed by atoms with E-state index in [-0.39, 0.29) is 6.42 Å². The first-order valence-electron chi connectivity index (χ1n) is 4.51. The largest absolute Gasteiger partial charge is 0.495 e. The highest BCUT2D eigenvalue weighted by Gasteiger charge is 2.43. The lowest BCUT2D eigenvalue weighted by Gasteiger charge is -2.15. The third-order valence-corrected chi connectivity index (χ3v) is 2.47. The summed E-state index contributed by atoms with van der Waals surface area (Å²) in [4.78, 5) is 0. The molecule has 1 aromatic rings. The van der Waals surface area contributed by atoms with E-state index in [0.29, 0.717) is 17.0 Å². The zero-order chi connectivity index (χ0) is 11.1. The van der Waals surface area contributed by atoms with E-state index in [4.69, 9.17) is 4.74 Å². The Labute approximate surface area is 85.0 Å². The molecule has 2 rings (SSSR count). The third-order valence-electron chi connectivity index (χ3n) is 2.47. The van der Waals surface area contributed by atoms with E-state index in [0.717, 1.165) is 0 Å². The summed E-state index contributed by atoms with van der Waals surface area (Å²) >= 11 is 0. The number of alkyl halides is 3. The number of halogens is 3. The lowest BCUT2D eigenvalue weighted by Crippen LogP contribution is -2.34. The van der Waals surface area contributed by atoms with Crippen molar-refractivity contribution in [3.05, 3.63) is 23.8 Å². The van der Waals surface area contributed by atoms with Crippen molar-refractivity contribution in [2.45, 2.75) is 18.6 Å². The van der Waals surface area contributed by atoms with E-state index < -0.39 is 12.2 Å². The minimum atomic E-state index is -4.22. The minimum absolute atomic E-state index is 0.0317. The number of ether oxygens (including phenoxy) is 1. The van der Waals surface area contributed by atoms with Gasteiger partial charge in [0.2, 0.25) is 0 Å². The highest BCUT2D eigenvalue weighted by molar-refractivity contribution is 5.66. The molecule has 0 fully saturated rings. The summed E-state index contributed by atoms with van der Waals surface area (Å²) in [6.45, 7) is 0. The standard InChI is InChI=1S/C10H10F3NO/c1-15-7-4-2-3-6-5-8(10(11,12)13)14-9(6)7/h2-4,8,14H,5H2,1H3. The Balaban J connectivity index is 2.31. The van der Waals surface area contributed by atoms with Crippen molar-refractivity contribution in [2.24, 2.45) is 0 Å². The molecule has 0 aliphatic carbocycles. The van der Waals surface area contributed by atoms with Crippen LogP contribution in [-0.2, 0) is 6.42 Å². The molecular weight excluding hydrogens is 207 g/mol. The molecule has 0 spiro atoms. The summed E-state index contributed by atoms with van der Waals surface area (Å²) in [5, 5.41) is 2.44. The molecule has 2 nitrogen and oxygen atoms in total. The number of methoxy groups -OCH3 is 1. The maximum absolute atomic E-state index is 12.5. The first-order chi connectivity index (χ1) is 7.02. The van der Waals surface area contributed by atoms with Crippen LogP contribution < -0.4 is 10.1 Å². The van der Waals surface area contributed by atoms with Crippen molar-refractivity contribution in [2.75, 3.05) is 12.4 Å². The fourth-order valence-corrected chi connectivity index (χ4v) is 1.72. The normalized spacial score (nSPS) is 19.6. The Morgan fingerprint density at radius 1 is 1.40 bits per heavy atom. The van der Waals surface area contributed by atoms with Crippen LogP contribution in [0, 0.1) is 0 Å². The summed E-state index contributed by atoms with van der Waals surface area (Å²) in [5.74, 6) is 0.458. The first-order valence-corrected chi connectivity index (χ1v) is 4.51. The molecule has 1 heterocycles. The van der Waals surface area contributed by atoms with Crippen LogP contribution in [0.4, 0.5) is 18.9 Å². The van der Waals surface area contributed by atoms with Crippen LogP contribution in [0.25, 0.3) is 0 Å². The van der Waals surface area contributed by atoms with Crippen molar-refractivity contribution < 1.29 is 17.9 Å². The zero-order valence-corrected chi connectivity index (χ0v) is 8.06. The Morgan fingerprint density at radius 3 is 2.73 bits per heavy atom. The highest BCUT2D eigenvalue weighted by atomic mass is 19.4. The van der Waals surface area contributed by atoms with Gasteiger partial charge in [0.25, 0.3) is 0 Å². The SMILES string of the molecule is COc1cccc2c1NC(C(F)(F)F)C2. The summed E-state index contributed by atoms with van der Waals surface area (Å²) < 4.78 is 42.4. The molecule has 0 aromatic heterocycles. The predicted molar refractivity (Wildman–Crippen MR) is 50.2 cm³/mol. The van der Waals surface area contributed by atoms with Gasteiger partial charge < -0.3 is 10.1 Å². The van der Waals surface area contributed by atoms with Gasteiger partial charge in [0.05, 0.1) is 12.8 Å². The molecule has 1 unspecified atom stereocenters. The summed E-state index contributed by atoms with van der Waals surface area (Å²) in [7, 11) is 1.44. The number of hydrogen-bond acceptors (Lipinski definition) is 2. The average Bonchev–Trinajstić information content (AvgIpc) is 2.59. The van der Waals surface area contributed by atoms with Gasteiger partial charge in [-0.2, -0.15) is 13.2 Å². The molecule has 0 bridgehead atoms. The smallest absolute Gasteiger partial charge is 0.408 e. The average molecular weight is 217 g/mol. The van der Waals surface area contributed by atoms with Gasteiger partial charge >= 0.3 is 6.18 Å². The monoisotopic (exact) mass is 217 g/mol. The Hall–Kier alpha value is -1.39. The maximum atomic E-state index is 12.5. The Morgan fingerprint density at radius 2 is 2.13 bits per heavy atom. The first kappa shape index (κ1) is 10.1. The topological polar surface area (TPSA) is 21.3 Å². The summed E-state index contributed by atoms with van der Waals surface area (Å²) in [6, 6.07) is 3.52. The molecule has 82 valence electrons. The van der Waals surface area contributed by atoms with Gasteiger partial charge in [-0.1, -0.05) is 12.1 Å². The molecule has 0 saturated carbocycles. The molecule has 15 heavy (non-hydrogen) atoms. The molecule has 1 aliphatic rings. The van der Waals surface area contributed by atoms with E-state index in [1.54, 1.807) is 18.2 Å². The molecular formula is C10H10F3NO. The van der Waals surface area contributed by atoms with Crippen molar-refractivity contribution in [3.63, 3.8) is 0 Å². The van der Waals surface area contributed by atoms with Gasteiger partial charge in [0.15, 0.2) is 0 Å². The molecule has 1 atom stereocenters. The van der Waals surface area contributed by atoms with Gasteiger partial charge in [-0.05, 0) is 11.6 Å². The van der Waals surface area contributed by atoms with Crippen molar-refractivity contribution in [3.8, 4) is 5.75 Å². The number of rotatable bonds is 1.